The first-order chi connectivity index (χ1) is 8.84. The molecule has 0 aliphatic carbocycles. The minimum atomic E-state index is -1.09. The third-order valence-electron chi connectivity index (χ3n) is 2.59. The molecule has 0 aromatic carbocycles. The van der Waals surface area contributed by atoms with Crippen LogP contribution in [-0.4, -0.2) is 51.9 Å². The molecular formula is C11H22Cl2N2O6. The highest BCUT2D eigenvalue weighted by molar-refractivity contribution is 5.85. The smallest absolute Gasteiger partial charge is 0.320 e. The van der Waals surface area contributed by atoms with Gasteiger partial charge in [0, 0.05) is 6.42 Å². The minimum Gasteiger partial charge on any atom is -0.481 e. The molecule has 10 heteroatoms. The minimum absolute atomic E-state index is 0. The summed E-state index contributed by atoms with van der Waals surface area (Å²) in [5.41, 5.74) is 5.31. The van der Waals surface area contributed by atoms with Crippen molar-refractivity contribution < 1.29 is 29.7 Å². The van der Waals surface area contributed by atoms with Crippen molar-refractivity contribution in [3.63, 3.8) is 0 Å². The van der Waals surface area contributed by atoms with Crippen molar-refractivity contribution in [1.82, 2.24) is 5.32 Å². The molecular weight excluding hydrogens is 327 g/mol. The molecule has 2 atom stereocenters. The van der Waals surface area contributed by atoms with Crippen LogP contribution in [0.25, 0.3) is 0 Å². The molecule has 0 unspecified atom stereocenters. The van der Waals surface area contributed by atoms with Crippen LogP contribution in [0.5, 0.6) is 0 Å². The zero-order valence-electron chi connectivity index (χ0n) is 11.4. The largest absolute Gasteiger partial charge is 0.481 e. The summed E-state index contributed by atoms with van der Waals surface area (Å²) in [7, 11) is 0. The Morgan fingerprint density at radius 1 is 0.952 bits per heavy atom. The number of hydrogen-bond acceptors (Lipinski definition) is 5. The first kappa shape index (κ1) is 24.9. The lowest BCUT2D eigenvalue weighted by Gasteiger charge is -2.13. The van der Waals surface area contributed by atoms with Crippen molar-refractivity contribution in [2.75, 3.05) is 6.54 Å². The van der Waals surface area contributed by atoms with Crippen molar-refractivity contribution in [3.05, 3.63) is 0 Å². The molecule has 0 radical (unpaired) electrons. The lowest BCUT2D eigenvalue weighted by Crippen LogP contribution is -2.37. The first-order valence-electron chi connectivity index (χ1n) is 6.01. The zero-order chi connectivity index (χ0) is 14.8. The van der Waals surface area contributed by atoms with Crippen LogP contribution in [0.2, 0.25) is 0 Å². The van der Waals surface area contributed by atoms with E-state index in [1.54, 1.807) is 0 Å². The van der Waals surface area contributed by atoms with Gasteiger partial charge >= 0.3 is 17.9 Å². The van der Waals surface area contributed by atoms with E-state index < -0.39 is 30.0 Å². The average molecular weight is 349 g/mol. The number of carboxylic acids is 3. The molecule has 126 valence electrons. The van der Waals surface area contributed by atoms with E-state index in [4.69, 9.17) is 21.1 Å². The first-order valence-corrected chi connectivity index (χ1v) is 6.01. The van der Waals surface area contributed by atoms with Crippen molar-refractivity contribution in [2.45, 2.75) is 44.2 Å². The van der Waals surface area contributed by atoms with Crippen LogP contribution >= 0.6 is 24.8 Å². The Morgan fingerprint density at radius 3 is 1.95 bits per heavy atom. The molecule has 0 heterocycles. The Bertz CT molecular complexity index is 330. The Hall–Kier alpha value is -1.09. The van der Waals surface area contributed by atoms with Crippen LogP contribution in [0.1, 0.15) is 32.1 Å². The molecule has 0 spiro atoms. The number of halogens is 2. The van der Waals surface area contributed by atoms with Gasteiger partial charge in [0.25, 0.3) is 0 Å². The van der Waals surface area contributed by atoms with Gasteiger partial charge in [0.05, 0.1) is 0 Å². The molecule has 0 aliphatic rings. The van der Waals surface area contributed by atoms with Crippen LogP contribution in [0, 0.1) is 0 Å². The van der Waals surface area contributed by atoms with Crippen molar-refractivity contribution in [1.29, 1.82) is 0 Å². The number of nitrogens with two attached hydrogens (primary N) is 1. The van der Waals surface area contributed by atoms with Gasteiger partial charge in [0.2, 0.25) is 0 Å². The molecule has 0 aliphatic heterocycles. The number of nitrogens with one attached hydrogen (secondary N) is 1. The maximum absolute atomic E-state index is 10.8. The van der Waals surface area contributed by atoms with Crippen LogP contribution in [-0.2, 0) is 14.4 Å². The molecule has 0 aromatic heterocycles. The topological polar surface area (TPSA) is 150 Å². The van der Waals surface area contributed by atoms with Gasteiger partial charge in [0.1, 0.15) is 12.1 Å². The highest BCUT2D eigenvalue weighted by atomic mass is 35.5. The molecule has 0 aromatic rings. The standard InChI is InChI=1S/C11H20N2O6.2ClH/c12-7(10(16)17)3-1-2-6-13-8(11(18)19)4-5-9(14)15;;/h7-8,13H,1-6,12H2,(H,14,15)(H,16,17)(H,18,19);2*1H/t7-,8+;;/m1../s1. The van der Waals surface area contributed by atoms with E-state index in [9.17, 15) is 14.4 Å². The summed E-state index contributed by atoms with van der Waals surface area (Å²) in [6.45, 7) is 0.378. The average Bonchev–Trinajstić information content (AvgIpc) is 2.31. The SMILES string of the molecule is Cl.Cl.N[C@H](CCCCN[C@@H](CCC(=O)O)C(=O)O)C(=O)O. The van der Waals surface area contributed by atoms with Gasteiger partial charge in [-0.1, -0.05) is 6.42 Å². The summed E-state index contributed by atoms with van der Waals surface area (Å²) < 4.78 is 0. The van der Waals surface area contributed by atoms with Crippen LogP contribution < -0.4 is 11.1 Å². The molecule has 0 saturated heterocycles. The highest BCUT2D eigenvalue weighted by Gasteiger charge is 2.17. The molecule has 6 N–H and O–H groups in total. The van der Waals surface area contributed by atoms with E-state index in [2.05, 4.69) is 5.32 Å². The molecule has 0 amide bonds. The monoisotopic (exact) mass is 348 g/mol. The summed E-state index contributed by atoms with van der Waals surface area (Å²) >= 11 is 0. The maximum Gasteiger partial charge on any atom is 0.320 e. The predicted octanol–water partition coefficient (Wildman–Crippen LogP) is 0.320. The Labute approximate surface area is 134 Å². The van der Waals surface area contributed by atoms with Crippen molar-refractivity contribution in [3.8, 4) is 0 Å². The van der Waals surface area contributed by atoms with Gasteiger partial charge in [-0.2, -0.15) is 0 Å². The number of carboxylic acid groups (broad SMARTS) is 3. The van der Waals surface area contributed by atoms with Gasteiger partial charge in [0.15, 0.2) is 0 Å². The fourth-order valence-corrected chi connectivity index (χ4v) is 1.47. The molecule has 0 bridgehead atoms. The molecule has 0 saturated carbocycles. The van der Waals surface area contributed by atoms with E-state index in [-0.39, 0.29) is 37.7 Å². The van der Waals surface area contributed by atoms with Gasteiger partial charge in [-0.05, 0) is 25.8 Å². The Morgan fingerprint density at radius 2 is 1.52 bits per heavy atom. The third-order valence-corrected chi connectivity index (χ3v) is 2.59. The van der Waals surface area contributed by atoms with Gasteiger partial charge in [-0.25, -0.2) is 0 Å². The third kappa shape index (κ3) is 13.6. The lowest BCUT2D eigenvalue weighted by atomic mass is 10.1. The number of rotatable bonds is 11. The second-order valence-corrected chi connectivity index (χ2v) is 4.22. The summed E-state index contributed by atoms with van der Waals surface area (Å²) in [4.78, 5) is 31.6. The maximum atomic E-state index is 10.8. The van der Waals surface area contributed by atoms with Crippen LogP contribution in [0.15, 0.2) is 0 Å². The highest BCUT2D eigenvalue weighted by Crippen LogP contribution is 2.01. The predicted molar refractivity (Wildman–Crippen MR) is 80.3 cm³/mol. The Kier molecular flexibility index (Phi) is 16.4. The van der Waals surface area contributed by atoms with E-state index in [0.29, 0.717) is 25.8 Å². The summed E-state index contributed by atoms with van der Waals surface area (Å²) in [5.74, 6) is -3.19. The molecule has 0 fully saturated rings. The number of unbranched alkanes of at least 4 members (excludes halogenated alkanes) is 1. The number of hydrogen-bond donors (Lipinski definition) is 5. The van der Waals surface area contributed by atoms with Gasteiger partial charge < -0.3 is 26.4 Å². The fourth-order valence-electron chi connectivity index (χ4n) is 1.47. The van der Waals surface area contributed by atoms with E-state index in [1.165, 1.54) is 0 Å². The van der Waals surface area contributed by atoms with Crippen molar-refractivity contribution in [2.24, 2.45) is 5.73 Å². The molecule has 0 rings (SSSR count). The summed E-state index contributed by atoms with van der Waals surface area (Å²) in [6.07, 6.45) is 1.26. The normalized spacial score (nSPS) is 12.4. The second kappa shape index (κ2) is 13.9. The van der Waals surface area contributed by atoms with Crippen LogP contribution in [0.3, 0.4) is 0 Å². The Balaban J connectivity index is -0.00000162. The van der Waals surface area contributed by atoms with Gasteiger partial charge in [-0.3, -0.25) is 14.4 Å². The quantitative estimate of drug-likeness (QED) is 0.335. The van der Waals surface area contributed by atoms with Crippen LogP contribution in [0.4, 0.5) is 0 Å². The fraction of sp³-hybridized carbons (Fsp3) is 0.727. The van der Waals surface area contributed by atoms with E-state index >= 15 is 0 Å². The summed E-state index contributed by atoms with van der Waals surface area (Å²) in [6, 6.07) is -1.80. The van der Waals surface area contributed by atoms with Gasteiger partial charge in [-0.15, -0.1) is 24.8 Å². The molecule has 8 nitrogen and oxygen atoms in total. The lowest BCUT2D eigenvalue weighted by molar-refractivity contribution is -0.141. The van der Waals surface area contributed by atoms with E-state index in [1.807, 2.05) is 0 Å². The summed E-state index contributed by atoms with van der Waals surface area (Å²) in [5, 5.41) is 28.6. The van der Waals surface area contributed by atoms with Crippen molar-refractivity contribution >= 4 is 42.7 Å². The number of carbonyl (C=O) groups is 3. The van der Waals surface area contributed by atoms with E-state index in [0.717, 1.165) is 0 Å². The number of aliphatic carboxylic acids is 3. The molecule has 21 heavy (non-hydrogen) atoms. The second-order valence-electron chi connectivity index (χ2n) is 4.22. The zero-order valence-corrected chi connectivity index (χ0v) is 13.0.